The topological polar surface area (TPSA) is 50.4 Å². The van der Waals surface area contributed by atoms with Crippen molar-refractivity contribution in [2.75, 3.05) is 24.3 Å². The second-order valence-electron chi connectivity index (χ2n) is 5.62. The van der Waals surface area contributed by atoms with E-state index < -0.39 is 6.09 Å². The molecule has 2 aliphatic rings. The first-order chi connectivity index (χ1) is 9.74. The molecule has 1 aromatic carbocycles. The molecule has 0 radical (unpaired) electrons. The molecule has 0 spiro atoms. The molecule has 1 saturated carbocycles. The summed E-state index contributed by atoms with van der Waals surface area (Å²) < 4.78 is 4.56. The molecule has 4 heteroatoms. The molecule has 1 fully saturated rings. The average Bonchev–Trinajstić information content (AvgIpc) is 3.09. The van der Waals surface area contributed by atoms with Crippen molar-refractivity contribution in [3.8, 4) is 0 Å². The van der Waals surface area contributed by atoms with E-state index in [9.17, 15) is 4.79 Å². The van der Waals surface area contributed by atoms with Gasteiger partial charge in [-0.05, 0) is 54.9 Å². The van der Waals surface area contributed by atoms with E-state index in [1.165, 1.54) is 20.0 Å². The Balaban J connectivity index is 1.51. The van der Waals surface area contributed by atoms with Crippen LogP contribution in [-0.4, -0.2) is 19.7 Å². The fraction of sp³-hybridized carbons (Fsp3) is 0.438. The molecular weight excluding hydrogens is 252 g/mol. The van der Waals surface area contributed by atoms with Gasteiger partial charge in [0.2, 0.25) is 0 Å². The summed E-state index contributed by atoms with van der Waals surface area (Å²) in [4.78, 5) is 11.1. The minimum Gasteiger partial charge on any atom is -0.453 e. The van der Waals surface area contributed by atoms with Gasteiger partial charge in [-0.2, -0.15) is 0 Å². The smallest absolute Gasteiger partial charge is 0.411 e. The molecule has 2 bridgehead atoms. The summed E-state index contributed by atoms with van der Waals surface area (Å²) in [6, 6.07) is 7.71. The van der Waals surface area contributed by atoms with Crippen LogP contribution in [0.5, 0.6) is 0 Å². The predicted octanol–water partition coefficient (Wildman–Crippen LogP) is 3.49. The molecule has 3 rings (SSSR count). The van der Waals surface area contributed by atoms with Gasteiger partial charge in [0.1, 0.15) is 0 Å². The van der Waals surface area contributed by atoms with Gasteiger partial charge in [0.25, 0.3) is 0 Å². The third-order valence-corrected chi connectivity index (χ3v) is 4.30. The van der Waals surface area contributed by atoms with Crippen molar-refractivity contribution in [2.24, 2.45) is 17.8 Å². The molecule has 0 heterocycles. The number of ether oxygens (including phenoxy) is 1. The average molecular weight is 272 g/mol. The third kappa shape index (κ3) is 2.79. The Hall–Kier alpha value is -1.97. The fourth-order valence-electron chi connectivity index (χ4n) is 3.22. The lowest BCUT2D eigenvalue weighted by Gasteiger charge is -2.19. The van der Waals surface area contributed by atoms with Crippen molar-refractivity contribution in [1.82, 2.24) is 0 Å². The Bertz CT molecular complexity index is 510. The molecule has 2 N–H and O–H groups in total. The Morgan fingerprint density at radius 2 is 1.95 bits per heavy atom. The summed E-state index contributed by atoms with van der Waals surface area (Å²) in [7, 11) is 1.36. The van der Waals surface area contributed by atoms with Crippen molar-refractivity contribution in [3.05, 3.63) is 36.4 Å². The standard InChI is InChI=1S/C16H20N2O2/c1-20-16(19)18-15-6-4-14(5-7-15)17-10-13-9-11-2-3-12(13)8-11/h2-7,11-13,17H,8-10H2,1H3,(H,18,19). The van der Waals surface area contributed by atoms with Crippen molar-refractivity contribution >= 4 is 17.5 Å². The summed E-state index contributed by atoms with van der Waals surface area (Å²) >= 11 is 0. The van der Waals surface area contributed by atoms with Gasteiger partial charge < -0.3 is 10.1 Å². The first kappa shape index (κ1) is 13.0. The zero-order valence-electron chi connectivity index (χ0n) is 11.6. The Kier molecular flexibility index (Phi) is 3.63. The monoisotopic (exact) mass is 272 g/mol. The maximum atomic E-state index is 11.1. The predicted molar refractivity (Wildman–Crippen MR) is 79.8 cm³/mol. The van der Waals surface area contributed by atoms with Gasteiger partial charge >= 0.3 is 6.09 Å². The second kappa shape index (κ2) is 5.57. The summed E-state index contributed by atoms with van der Waals surface area (Å²) in [6.07, 6.45) is 6.96. The quantitative estimate of drug-likeness (QED) is 0.825. The van der Waals surface area contributed by atoms with E-state index in [0.29, 0.717) is 0 Å². The van der Waals surface area contributed by atoms with Gasteiger partial charge in [-0.1, -0.05) is 12.2 Å². The Morgan fingerprint density at radius 1 is 1.20 bits per heavy atom. The fourth-order valence-corrected chi connectivity index (χ4v) is 3.22. The van der Waals surface area contributed by atoms with E-state index in [0.717, 1.165) is 35.7 Å². The maximum absolute atomic E-state index is 11.1. The minimum atomic E-state index is -0.445. The van der Waals surface area contributed by atoms with Gasteiger partial charge in [0.15, 0.2) is 0 Å². The van der Waals surface area contributed by atoms with Gasteiger partial charge in [-0.3, -0.25) is 5.32 Å². The lowest BCUT2D eigenvalue weighted by atomic mass is 9.93. The Labute approximate surface area is 119 Å². The van der Waals surface area contributed by atoms with Crippen molar-refractivity contribution in [1.29, 1.82) is 0 Å². The number of carbonyl (C=O) groups is 1. The Morgan fingerprint density at radius 3 is 2.55 bits per heavy atom. The van der Waals surface area contributed by atoms with Crippen LogP contribution in [0.1, 0.15) is 12.8 Å². The molecule has 4 nitrogen and oxygen atoms in total. The molecule has 0 saturated heterocycles. The number of rotatable bonds is 4. The normalized spacial score (nSPS) is 26.6. The molecule has 3 unspecified atom stereocenters. The molecule has 0 aliphatic heterocycles. The first-order valence-corrected chi connectivity index (χ1v) is 7.12. The lowest BCUT2D eigenvalue weighted by molar-refractivity contribution is 0.187. The number of carbonyl (C=O) groups excluding carboxylic acids is 1. The largest absolute Gasteiger partial charge is 0.453 e. The van der Waals surface area contributed by atoms with E-state index >= 15 is 0 Å². The number of hydrogen-bond donors (Lipinski definition) is 2. The highest BCUT2D eigenvalue weighted by molar-refractivity contribution is 5.84. The summed E-state index contributed by atoms with van der Waals surface area (Å²) in [5.74, 6) is 2.35. The van der Waals surface area contributed by atoms with Crippen molar-refractivity contribution < 1.29 is 9.53 Å². The molecule has 20 heavy (non-hydrogen) atoms. The van der Waals surface area contributed by atoms with Crippen LogP contribution in [0.15, 0.2) is 36.4 Å². The zero-order chi connectivity index (χ0) is 13.9. The number of benzene rings is 1. The SMILES string of the molecule is COC(=O)Nc1ccc(NCC2CC3C=CC2C3)cc1. The highest BCUT2D eigenvalue weighted by Gasteiger charge is 2.35. The molecule has 1 amide bonds. The number of fused-ring (bicyclic) bond motifs is 2. The number of anilines is 2. The van der Waals surface area contributed by atoms with Crippen LogP contribution in [0, 0.1) is 17.8 Å². The van der Waals surface area contributed by atoms with Crippen LogP contribution in [0.25, 0.3) is 0 Å². The summed E-state index contributed by atoms with van der Waals surface area (Å²) in [6.45, 7) is 1.02. The van der Waals surface area contributed by atoms with Crippen LogP contribution in [-0.2, 0) is 4.74 Å². The molecule has 3 atom stereocenters. The van der Waals surface area contributed by atoms with Crippen LogP contribution in [0.4, 0.5) is 16.2 Å². The van der Waals surface area contributed by atoms with E-state index in [4.69, 9.17) is 0 Å². The maximum Gasteiger partial charge on any atom is 0.411 e. The number of amides is 1. The molecule has 1 aromatic rings. The van der Waals surface area contributed by atoms with Crippen LogP contribution >= 0.6 is 0 Å². The summed E-state index contributed by atoms with van der Waals surface area (Å²) in [5.41, 5.74) is 1.83. The summed E-state index contributed by atoms with van der Waals surface area (Å²) in [5, 5.41) is 6.13. The van der Waals surface area contributed by atoms with Crippen molar-refractivity contribution in [2.45, 2.75) is 12.8 Å². The minimum absolute atomic E-state index is 0.445. The highest BCUT2D eigenvalue weighted by Crippen LogP contribution is 2.43. The number of nitrogens with one attached hydrogen (secondary N) is 2. The van der Waals surface area contributed by atoms with Gasteiger partial charge in [-0.25, -0.2) is 4.79 Å². The van der Waals surface area contributed by atoms with Gasteiger partial charge in [0, 0.05) is 17.9 Å². The zero-order valence-corrected chi connectivity index (χ0v) is 11.6. The van der Waals surface area contributed by atoms with Crippen LogP contribution < -0.4 is 10.6 Å². The van der Waals surface area contributed by atoms with Crippen LogP contribution in [0.3, 0.4) is 0 Å². The molecule has 0 aromatic heterocycles. The number of allylic oxidation sites excluding steroid dienone is 2. The van der Waals surface area contributed by atoms with E-state index in [-0.39, 0.29) is 0 Å². The highest BCUT2D eigenvalue weighted by atomic mass is 16.5. The van der Waals surface area contributed by atoms with Gasteiger partial charge in [-0.15, -0.1) is 0 Å². The number of hydrogen-bond acceptors (Lipinski definition) is 3. The van der Waals surface area contributed by atoms with Crippen LogP contribution in [0.2, 0.25) is 0 Å². The van der Waals surface area contributed by atoms with E-state index in [1.54, 1.807) is 0 Å². The first-order valence-electron chi connectivity index (χ1n) is 7.12. The van der Waals surface area contributed by atoms with E-state index in [2.05, 4.69) is 27.5 Å². The second-order valence-corrected chi connectivity index (χ2v) is 5.62. The van der Waals surface area contributed by atoms with Crippen molar-refractivity contribution in [3.63, 3.8) is 0 Å². The third-order valence-electron chi connectivity index (χ3n) is 4.30. The molecular formula is C16H20N2O2. The molecule has 2 aliphatic carbocycles. The molecule has 106 valence electrons. The van der Waals surface area contributed by atoms with Gasteiger partial charge in [0.05, 0.1) is 7.11 Å². The van der Waals surface area contributed by atoms with E-state index in [1.807, 2.05) is 24.3 Å². The number of methoxy groups -OCH3 is 1. The lowest BCUT2D eigenvalue weighted by Crippen LogP contribution is -2.18.